The van der Waals surface area contributed by atoms with Crippen LogP contribution in [0.4, 0.5) is 10.6 Å². The van der Waals surface area contributed by atoms with Crippen molar-refractivity contribution in [3.8, 4) is 29.0 Å². The van der Waals surface area contributed by atoms with Gasteiger partial charge in [0.05, 0.1) is 11.3 Å². The summed E-state index contributed by atoms with van der Waals surface area (Å²) in [5.41, 5.74) is 7.12. The first-order chi connectivity index (χ1) is 15.0. The lowest BCUT2D eigenvalue weighted by Crippen LogP contribution is -2.35. The zero-order valence-electron chi connectivity index (χ0n) is 16.4. The molecule has 1 aromatic carbocycles. The zero-order valence-corrected chi connectivity index (χ0v) is 17.2. The van der Waals surface area contributed by atoms with Crippen LogP contribution in [-0.2, 0) is 4.79 Å². The number of nitrogens with two attached hydrogens (primary N) is 1. The van der Waals surface area contributed by atoms with E-state index < -0.39 is 11.9 Å². The van der Waals surface area contributed by atoms with Gasteiger partial charge in [-0.25, -0.2) is 9.78 Å². The Morgan fingerprint density at radius 2 is 2.03 bits per heavy atom. The molecule has 156 valence electrons. The summed E-state index contributed by atoms with van der Waals surface area (Å²) in [4.78, 5) is 29.3. The number of anilines is 1. The van der Waals surface area contributed by atoms with Crippen molar-refractivity contribution in [3.63, 3.8) is 0 Å². The monoisotopic (exact) mass is 434 g/mol. The number of nitrogens with zero attached hydrogens (tertiary/aromatic N) is 4. The van der Waals surface area contributed by atoms with E-state index in [1.54, 1.807) is 30.3 Å². The summed E-state index contributed by atoms with van der Waals surface area (Å²) in [5.74, 6) is 0.0526. The van der Waals surface area contributed by atoms with Crippen molar-refractivity contribution in [2.75, 3.05) is 31.2 Å². The van der Waals surface area contributed by atoms with Crippen LogP contribution in [-0.4, -0.2) is 47.3 Å². The number of benzene rings is 1. The predicted molar refractivity (Wildman–Crippen MR) is 115 cm³/mol. The number of hydrogen-bond donors (Lipinski definition) is 2. The van der Waals surface area contributed by atoms with Crippen molar-refractivity contribution in [2.45, 2.75) is 5.03 Å². The fourth-order valence-corrected chi connectivity index (χ4v) is 3.85. The molecule has 0 aliphatic carbocycles. The highest BCUT2D eigenvalue weighted by molar-refractivity contribution is 8.00. The standard InChI is InChI=1S/C21H18N6O3S/c1-2-9-30-14-5-3-13(4-6-14)18-15(10-22)19(24)26-20(16(18)11-23)31-12-17(28)27-8-7-25-21(27)29/h2-6H,1,7-9,12H2,(H2,24,26)(H,25,29). The van der Waals surface area contributed by atoms with Gasteiger partial charge in [0.25, 0.3) is 0 Å². The minimum absolute atomic E-state index is 0.0441. The molecular formula is C21H18N6O3S. The number of hydrogen-bond acceptors (Lipinski definition) is 8. The summed E-state index contributed by atoms with van der Waals surface area (Å²) in [7, 11) is 0. The van der Waals surface area contributed by atoms with Crippen molar-refractivity contribution < 1.29 is 14.3 Å². The Balaban J connectivity index is 1.95. The molecule has 9 nitrogen and oxygen atoms in total. The molecule has 1 aliphatic rings. The quantitative estimate of drug-likeness (QED) is 0.499. The van der Waals surface area contributed by atoms with Crippen molar-refractivity contribution in [1.82, 2.24) is 15.2 Å². The van der Waals surface area contributed by atoms with Gasteiger partial charge in [-0.1, -0.05) is 36.5 Å². The molecule has 0 spiro atoms. The molecule has 0 saturated carbocycles. The molecular weight excluding hydrogens is 416 g/mol. The van der Waals surface area contributed by atoms with Crippen LogP contribution in [0, 0.1) is 22.7 Å². The Morgan fingerprint density at radius 1 is 1.32 bits per heavy atom. The minimum Gasteiger partial charge on any atom is -0.490 e. The SMILES string of the molecule is C=CCOc1ccc(-c2c(C#N)c(N)nc(SCC(=O)N3CCNC3=O)c2C#N)cc1. The molecule has 1 aliphatic heterocycles. The first kappa shape index (κ1) is 21.7. The molecule has 2 aromatic rings. The number of carbonyl (C=O) groups is 2. The number of nitrogen functional groups attached to an aromatic ring is 1. The van der Waals surface area contributed by atoms with Gasteiger partial charge in [0.15, 0.2) is 0 Å². The predicted octanol–water partition coefficient (Wildman–Crippen LogP) is 2.28. The second kappa shape index (κ2) is 9.65. The number of amides is 3. The fourth-order valence-electron chi connectivity index (χ4n) is 2.98. The fraction of sp³-hybridized carbons (Fsp3) is 0.190. The summed E-state index contributed by atoms with van der Waals surface area (Å²) in [6.45, 7) is 4.63. The summed E-state index contributed by atoms with van der Waals surface area (Å²) >= 11 is 0.995. The van der Waals surface area contributed by atoms with E-state index in [-0.39, 0.29) is 34.3 Å². The van der Waals surface area contributed by atoms with Crippen LogP contribution in [0.3, 0.4) is 0 Å². The van der Waals surface area contributed by atoms with E-state index in [4.69, 9.17) is 10.5 Å². The van der Waals surface area contributed by atoms with Crippen LogP contribution in [0.1, 0.15) is 11.1 Å². The largest absolute Gasteiger partial charge is 0.490 e. The molecule has 10 heteroatoms. The van der Waals surface area contributed by atoms with Gasteiger partial charge in [0, 0.05) is 18.7 Å². The molecule has 1 aromatic heterocycles. The minimum atomic E-state index is -0.446. The number of imide groups is 1. The molecule has 2 heterocycles. The van der Waals surface area contributed by atoms with Crippen molar-refractivity contribution >= 4 is 29.5 Å². The molecule has 3 amide bonds. The van der Waals surface area contributed by atoms with Crippen LogP contribution < -0.4 is 15.8 Å². The first-order valence-electron chi connectivity index (χ1n) is 9.19. The lowest BCUT2D eigenvalue weighted by molar-refractivity contribution is -0.124. The van der Waals surface area contributed by atoms with E-state index in [2.05, 4.69) is 22.9 Å². The average Bonchev–Trinajstić information content (AvgIpc) is 3.21. The highest BCUT2D eigenvalue weighted by Crippen LogP contribution is 2.36. The number of aromatic nitrogens is 1. The molecule has 31 heavy (non-hydrogen) atoms. The van der Waals surface area contributed by atoms with Crippen LogP contribution in [0.2, 0.25) is 0 Å². The lowest BCUT2D eigenvalue weighted by Gasteiger charge is -2.15. The third-order valence-electron chi connectivity index (χ3n) is 4.42. The maximum absolute atomic E-state index is 12.3. The summed E-state index contributed by atoms with van der Waals surface area (Å²) in [6, 6.07) is 10.5. The van der Waals surface area contributed by atoms with Gasteiger partial charge in [-0.3, -0.25) is 9.69 Å². The normalized spacial score (nSPS) is 12.6. The van der Waals surface area contributed by atoms with Crippen molar-refractivity contribution in [3.05, 3.63) is 48.0 Å². The van der Waals surface area contributed by atoms with Crippen molar-refractivity contribution in [2.24, 2.45) is 0 Å². The molecule has 1 fully saturated rings. The number of thioether (sulfide) groups is 1. The van der Waals surface area contributed by atoms with Gasteiger partial charge >= 0.3 is 6.03 Å². The molecule has 0 unspecified atom stereocenters. The van der Waals surface area contributed by atoms with Gasteiger partial charge in [0.2, 0.25) is 5.91 Å². The van der Waals surface area contributed by atoms with E-state index >= 15 is 0 Å². The molecule has 3 N–H and O–H groups in total. The second-order valence-electron chi connectivity index (χ2n) is 6.34. The number of carbonyl (C=O) groups excluding carboxylic acids is 2. The topological polar surface area (TPSA) is 145 Å². The third kappa shape index (κ3) is 4.60. The Hall–Kier alpha value is -4.02. The Bertz CT molecular complexity index is 1120. The Morgan fingerprint density at radius 3 is 2.61 bits per heavy atom. The summed E-state index contributed by atoms with van der Waals surface area (Å²) in [5, 5.41) is 22.2. The van der Waals surface area contributed by atoms with Crippen molar-refractivity contribution in [1.29, 1.82) is 10.5 Å². The number of pyridine rings is 1. The van der Waals surface area contributed by atoms with Crippen LogP contribution >= 0.6 is 11.8 Å². The maximum Gasteiger partial charge on any atom is 0.324 e. The van der Waals surface area contributed by atoms with Gasteiger partial charge < -0.3 is 15.8 Å². The molecule has 1 saturated heterocycles. The van der Waals surface area contributed by atoms with E-state index in [0.717, 1.165) is 16.7 Å². The second-order valence-corrected chi connectivity index (χ2v) is 7.30. The molecule has 0 radical (unpaired) electrons. The van der Waals surface area contributed by atoms with Gasteiger partial charge in [-0.15, -0.1) is 0 Å². The van der Waals surface area contributed by atoms with E-state index in [0.29, 0.717) is 30.0 Å². The molecule has 0 bridgehead atoms. The van der Waals surface area contributed by atoms with Crippen LogP contribution in [0.5, 0.6) is 5.75 Å². The third-order valence-corrected chi connectivity index (χ3v) is 5.38. The average molecular weight is 434 g/mol. The van der Waals surface area contributed by atoms with Gasteiger partial charge in [0.1, 0.15) is 40.9 Å². The van der Waals surface area contributed by atoms with Gasteiger partial charge in [-0.2, -0.15) is 10.5 Å². The molecule has 0 atom stereocenters. The number of rotatable bonds is 7. The zero-order chi connectivity index (χ0) is 22.4. The smallest absolute Gasteiger partial charge is 0.324 e. The summed E-state index contributed by atoms with van der Waals surface area (Å²) < 4.78 is 5.46. The van der Waals surface area contributed by atoms with Crippen LogP contribution in [0.25, 0.3) is 11.1 Å². The summed E-state index contributed by atoms with van der Waals surface area (Å²) in [6.07, 6.45) is 1.62. The van der Waals surface area contributed by atoms with E-state index in [1.165, 1.54) is 0 Å². The highest BCUT2D eigenvalue weighted by Gasteiger charge is 2.27. The van der Waals surface area contributed by atoms with E-state index in [9.17, 15) is 20.1 Å². The van der Waals surface area contributed by atoms with Gasteiger partial charge in [-0.05, 0) is 17.7 Å². The van der Waals surface area contributed by atoms with Crippen LogP contribution in [0.15, 0.2) is 41.9 Å². The number of ether oxygens (including phenoxy) is 1. The molecule has 3 rings (SSSR count). The Labute approximate surface area is 183 Å². The number of nitrogens with one attached hydrogen (secondary N) is 1. The number of urea groups is 1. The Kier molecular flexibility index (Phi) is 6.75. The maximum atomic E-state index is 12.3. The number of nitriles is 2. The lowest BCUT2D eigenvalue weighted by atomic mass is 9.97. The van der Waals surface area contributed by atoms with E-state index in [1.807, 2.05) is 6.07 Å². The first-order valence-corrected chi connectivity index (χ1v) is 10.2. The highest BCUT2D eigenvalue weighted by atomic mass is 32.2.